The van der Waals surface area contributed by atoms with Gasteiger partial charge in [-0.15, -0.1) is 24.0 Å². The molecule has 1 aliphatic rings. The Balaban J connectivity index is 0.00000392. The lowest BCUT2D eigenvalue weighted by Gasteiger charge is -2.25. The van der Waals surface area contributed by atoms with Gasteiger partial charge < -0.3 is 19.9 Å². The van der Waals surface area contributed by atoms with Gasteiger partial charge in [0.25, 0.3) is 0 Å². The molecule has 2 rings (SSSR count). The number of likely N-dealkylation sites (N-methyl/N-ethyl adjacent to an activating group) is 1. The van der Waals surface area contributed by atoms with E-state index in [0.717, 1.165) is 38.5 Å². The molecule has 0 aliphatic carbocycles. The Morgan fingerprint density at radius 3 is 2.71 bits per heavy atom. The second-order valence-corrected chi connectivity index (χ2v) is 7.48. The van der Waals surface area contributed by atoms with Gasteiger partial charge in [0, 0.05) is 39.1 Å². The SMILES string of the molecule is CCC(C)NC(=NCC(=O)N(C)C)N1CCC(COCc2ccccc2)C1.I. The molecule has 1 amide bonds. The molecule has 1 heterocycles. The van der Waals surface area contributed by atoms with E-state index in [1.165, 1.54) is 5.56 Å². The monoisotopic (exact) mass is 502 g/mol. The lowest BCUT2D eigenvalue weighted by Crippen LogP contribution is -2.44. The Morgan fingerprint density at radius 1 is 1.36 bits per heavy atom. The lowest BCUT2D eigenvalue weighted by atomic mass is 10.1. The fraction of sp³-hybridized carbons (Fsp3) is 0.619. The topological polar surface area (TPSA) is 57.2 Å². The van der Waals surface area contributed by atoms with E-state index in [2.05, 4.69) is 41.2 Å². The van der Waals surface area contributed by atoms with Gasteiger partial charge in [0.05, 0.1) is 13.2 Å². The minimum atomic E-state index is 0. The molecule has 158 valence electrons. The van der Waals surface area contributed by atoms with Crippen molar-refractivity contribution in [3.05, 3.63) is 35.9 Å². The maximum absolute atomic E-state index is 11.9. The smallest absolute Gasteiger partial charge is 0.243 e. The Kier molecular flexibility index (Phi) is 11.4. The highest BCUT2D eigenvalue weighted by Crippen LogP contribution is 2.17. The molecule has 28 heavy (non-hydrogen) atoms. The van der Waals surface area contributed by atoms with Crippen molar-refractivity contribution in [1.29, 1.82) is 0 Å². The molecule has 0 aromatic heterocycles. The van der Waals surface area contributed by atoms with Crippen LogP contribution in [0.25, 0.3) is 0 Å². The van der Waals surface area contributed by atoms with Gasteiger partial charge in [-0.3, -0.25) is 4.79 Å². The highest BCUT2D eigenvalue weighted by Gasteiger charge is 2.26. The van der Waals surface area contributed by atoms with Crippen molar-refractivity contribution in [3.8, 4) is 0 Å². The van der Waals surface area contributed by atoms with E-state index in [4.69, 9.17) is 4.74 Å². The summed E-state index contributed by atoms with van der Waals surface area (Å²) in [5, 5.41) is 3.47. The molecule has 0 saturated carbocycles. The first-order valence-corrected chi connectivity index (χ1v) is 9.87. The number of ether oxygens (including phenoxy) is 1. The molecular formula is C21H35IN4O2. The first-order valence-electron chi connectivity index (χ1n) is 9.87. The summed E-state index contributed by atoms with van der Waals surface area (Å²) in [6, 6.07) is 10.6. The summed E-state index contributed by atoms with van der Waals surface area (Å²) in [6.07, 6.45) is 2.09. The average Bonchev–Trinajstić information content (AvgIpc) is 3.14. The molecule has 2 atom stereocenters. The van der Waals surface area contributed by atoms with E-state index in [1.807, 2.05) is 18.2 Å². The predicted molar refractivity (Wildman–Crippen MR) is 125 cm³/mol. The molecule has 1 aromatic carbocycles. The first kappa shape index (κ1) is 24.7. The molecule has 1 N–H and O–H groups in total. The second-order valence-electron chi connectivity index (χ2n) is 7.48. The zero-order valence-corrected chi connectivity index (χ0v) is 19.9. The van der Waals surface area contributed by atoms with E-state index < -0.39 is 0 Å². The summed E-state index contributed by atoms with van der Waals surface area (Å²) in [5.74, 6) is 1.34. The lowest BCUT2D eigenvalue weighted by molar-refractivity contribution is -0.127. The van der Waals surface area contributed by atoms with Crippen LogP contribution in [0.5, 0.6) is 0 Å². The van der Waals surface area contributed by atoms with Crippen molar-refractivity contribution < 1.29 is 9.53 Å². The molecule has 0 bridgehead atoms. The minimum Gasteiger partial charge on any atom is -0.376 e. The highest BCUT2D eigenvalue weighted by atomic mass is 127. The van der Waals surface area contributed by atoms with Gasteiger partial charge in [0.1, 0.15) is 6.54 Å². The Labute approximate surface area is 186 Å². The number of nitrogens with zero attached hydrogens (tertiary/aromatic N) is 3. The number of nitrogens with one attached hydrogen (secondary N) is 1. The van der Waals surface area contributed by atoms with Crippen LogP contribution in [0.4, 0.5) is 0 Å². The standard InChI is InChI=1S/C21H34N4O2.HI/c1-5-17(2)23-21(22-13-20(26)24(3)4)25-12-11-19(14-25)16-27-15-18-9-7-6-8-10-18;/h6-10,17,19H,5,11-16H2,1-4H3,(H,22,23);1H. The van der Waals surface area contributed by atoms with Crippen LogP contribution in [0.2, 0.25) is 0 Å². The average molecular weight is 502 g/mol. The van der Waals surface area contributed by atoms with Crippen molar-refractivity contribution >= 4 is 35.8 Å². The molecule has 0 radical (unpaired) electrons. The number of hydrogen-bond acceptors (Lipinski definition) is 3. The third-order valence-electron chi connectivity index (χ3n) is 4.90. The maximum Gasteiger partial charge on any atom is 0.243 e. The van der Waals surface area contributed by atoms with Gasteiger partial charge in [-0.05, 0) is 25.3 Å². The summed E-state index contributed by atoms with van der Waals surface area (Å²) in [7, 11) is 3.52. The summed E-state index contributed by atoms with van der Waals surface area (Å²) in [5.41, 5.74) is 1.20. The number of amides is 1. The second kappa shape index (κ2) is 13.0. The van der Waals surface area contributed by atoms with E-state index in [-0.39, 0.29) is 36.4 Å². The summed E-state index contributed by atoms with van der Waals surface area (Å²) in [6.45, 7) is 7.71. The van der Waals surface area contributed by atoms with Crippen molar-refractivity contribution in [2.45, 2.75) is 39.3 Å². The van der Waals surface area contributed by atoms with Crippen LogP contribution in [0.15, 0.2) is 35.3 Å². The number of aliphatic imine (C=N–C) groups is 1. The molecule has 1 aliphatic heterocycles. The molecule has 6 nitrogen and oxygen atoms in total. The van der Waals surface area contributed by atoms with Gasteiger partial charge >= 0.3 is 0 Å². The maximum atomic E-state index is 11.9. The van der Waals surface area contributed by atoms with Crippen LogP contribution in [0, 0.1) is 5.92 Å². The van der Waals surface area contributed by atoms with Crippen LogP contribution in [0.1, 0.15) is 32.3 Å². The fourth-order valence-electron chi connectivity index (χ4n) is 2.92. The Bertz CT molecular complexity index is 610. The number of benzene rings is 1. The van der Waals surface area contributed by atoms with Crippen LogP contribution in [0.3, 0.4) is 0 Å². The number of hydrogen-bond donors (Lipinski definition) is 1. The van der Waals surface area contributed by atoms with Gasteiger partial charge in [-0.25, -0.2) is 4.99 Å². The first-order chi connectivity index (χ1) is 13.0. The van der Waals surface area contributed by atoms with E-state index >= 15 is 0 Å². The van der Waals surface area contributed by atoms with Crippen LogP contribution in [-0.2, 0) is 16.1 Å². The van der Waals surface area contributed by atoms with Crippen molar-refractivity contribution in [2.24, 2.45) is 10.9 Å². The zero-order valence-electron chi connectivity index (χ0n) is 17.6. The molecule has 1 fully saturated rings. The van der Waals surface area contributed by atoms with Gasteiger partial charge in [0.2, 0.25) is 5.91 Å². The number of carbonyl (C=O) groups excluding carboxylic acids is 1. The molecule has 1 saturated heterocycles. The van der Waals surface area contributed by atoms with Crippen LogP contribution >= 0.6 is 24.0 Å². The third-order valence-corrected chi connectivity index (χ3v) is 4.90. The quantitative estimate of drug-likeness (QED) is 0.338. The fourth-order valence-corrected chi connectivity index (χ4v) is 2.92. The van der Waals surface area contributed by atoms with Gasteiger partial charge in [-0.2, -0.15) is 0 Å². The number of likely N-dealkylation sites (tertiary alicyclic amines) is 1. The number of carbonyl (C=O) groups is 1. The van der Waals surface area contributed by atoms with E-state index in [0.29, 0.717) is 18.6 Å². The normalized spacial score (nSPS) is 17.8. The third kappa shape index (κ3) is 8.34. The summed E-state index contributed by atoms with van der Waals surface area (Å²) < 4.78 is 5.92. The number of halogens is 1. The molecule has 7 heteroatoms. The van der Waals surface area contributed by atoms with Crippen molar-refractivity contribution in [1.82, 2.24) is 15.1 Å². The molecule has 1 aromatic rings. The number of guanidine groups is 1. The number of rotatable bonds is 8. The van der Waals surface area contributed by atoms with Crippen LogP contribution in [-0.4, -0.2) is 68.0 Å². The highest BCUT2D eigenvalue weighted by molar-refractivity contribution is 14.0. The molecular weight excluding hydrogens is 467 g/mol. The van der Waals surface area contributed by atoms with Gasteiger partial charge in [0.15, 0.2) is 5.96 Å². The van der Waals surface area contributed by atoms with Crippen LogP contribution < -0.4 is 5.32 Å². The largest absolute Gasteiger partial charge is 0.376 e. The van der Waals surface area contributed by atoms with Crippen molar-refractivity contribution in [3.63, 3.8) is 0 Å². The molecule has 0 spiro atoms. The summed E-state index contributed by atoms with van der Waals surface area (Å²) in [4.78, 5) is 20.3. The Hall–Kier alpha value is -1.35. The van der Waals surface area contributed by atoms with E-state index in [1.54, 1.807) is 19.0 Å². The van der Waals surface area contributed by atoms with E-state index in [9.17, 15) is 4.79 Å². The Morgan fingerprint density at radius 2 is 2.07 bits per heavy atom. The predicted octanol–water partition coefficient (Wildman–Crippen LogP) is 2.98. The molecule has 2 unspecified atom stereocenters. The summed E-state index contributed by atoms with van der Waals surface area (Å²) >= 11 is 0. The minimum absolute atomic E-state index is 0. The van der Waals surface area contributed by atoms with Crippen molar-refractivity contribution in [2.75, 3.05) is 40.3 Å². The van der Waals surface area contributed by atoms with Gasteiger partial charge in [-0.1, -0.05) is 37.3 Å². The zero-order chi connectivity index (χ0) is 19.6.